The summed E-state index contributed by atoms with van der Waals surface area (Å²) in [4.78, 5) is 33.5. The largest absolute Gasteiger partial charge is 0.524 e. The number of phenolic OH excluding ortho intramolecular Hbond substituents is 1. The number of fused-ring (bicyclic) bond motifs is 1. The van der Waals surface area contributed by atoms with E-state index in [4.69, 9.17) is 23.9 Å². The van der Waals surface area contributed by atoms with Gasteiger partial charge in [0, 0.05) is 29.2 Å². The molecule has 1 aliphatic rings. The Labute approximate surface area is 194 Å². The third-order valence-corrected chi connectivity index (χ3v) is 6.54. The fraction of sp³-hybridized carbons (Fsp3) is 0.286. The fourth-order valence-corrected chi connectivity index (χ4v) is 4.76. The second-order valence-corrected chi connectivity index (χ2v) is 9.48. The summed E-state index contributed by atoms with van der Waals surface area (Å²) in [6, 6.07) is 8.67. The molecule has 1 fully saturated rings. The molecule has 0 aliphatic carbocycles. The van der Waals surface area contributed by atoms with Gasteiger partial charge in [0.15, 0.2) is 5.43 Å². The van der Waals surface area contributed by atoms with E-state index in [9.17, 15) is 29.4 Å². The van der Waals surface area contributed by atoms with E-state index in [0.29, 0.717) is 23.6 Å². The van der Waals surface area contributed by atoms with Gasteiger partial charge in [-0.2, -0.15) is 0 Å². The lowest BCUT2D eigenvalue weighted by molar-refractivity contribution is 0.0432. The first-order chi connectivity index (χ1) is 15.5. The number of aliphatic hydroxyl groups is 1. The van der Waals surface area contributed by atoms with Gasteiger partial charge in [0.1, 0.15) is 28.2 Å². The number of phenols is 1. The number of likely N-dealkylation sites (N-methyl/N-ethyl adjacent to an activating group) is 1. The van der Waals surface area contributed by atoms with E-state index in [1.807, 2.05) is 0 Å². The number of piperidine rings is 1. The molecule has 0 amide bonds. The van der Waals surface area contributed by atoms with Gasteiger partial charge in [-0.3, -0.25) is 14.6 Å². The number of aliphatic hydroxyl groups excluding tert-OH is 1. The maximum atomic E-state index is 13.1. The van der Waals surface area contributed by atoms with Gasteiger partial charge in [-0.15, -0.1) is 0 Å². The van der Waals surface area contributed by atoms with Crippen molar-refractivity contribution in [1.29, 1.82) is 0 Å². The van der Waals surface area contributed by atoms with Crippen molar-refractivity contribution in [3.05, 3.63) is 57.2 Å². The molecular weight excluding hydrogens is 471 g/mol. The number of nitrogens with zero attached hydrogens (tertiary/aromatic N) is 1. The summed E-state index contributed by atoms with van der Waals surface area (Å²) in [5.41, 5.74) is -0.375. The number of rotatable bonds is 4. The smallest absolute Gasteiger partial charge is 0.507 e. The van der Waals surface area contributed by atoms with Crippen LogP contribution in [0.5, 0.6) is 11.5 Å². The number of hydrogen-bond acceptors (Lipinski definition) is 7. The molecule has 2 aromatic carbocycles. The SMILES string of the molecule is [B]C1[C@@H](O)[C@@H](c2c(O)cc(OP(=O)(O)O)c3c(=O)cc(-c4ccccc4Cl)oc23)CCN1C. The van der Waals surface area contributed by atoms with Crippen LogP contribution in [0.2, 0.25) is 5.02 Å². The topological polar surface area (TPSA) is 141 Å². The highest BCUT2D eigenvalue weighted by atomic mass is 35.5. The maximum Gasteiger partial charge on any atom is 0.524 e. The van der Waals surface area contributed by atoms with E-state index in [2.05, 4.69) is 4.52 Å². The normalized spacial score (nSPS) is 21.9. The summed E-state index contributed by atoms with van der Waals surface area (Å²) in [6.07, 6.45) is -0.757. The third-order valence-electron chi connectivity index (χ3n) is 5.77. The van der Waals surface area contributed by atoms with Gasteiger partial charge in [-0.05, 0) is 38.1 Å². The molecule has 1 saturated heterocycles. The van der Waals surface area contributed by atoms with Gasteiger partial charge in [0.05, 0.1) is 19.0 Å². The summed E-state index contributed by atoms with van der Waals surface area (Å²) in [5.74, 6) is -2.43. The predicted molar refractivity (Wildman–Crippen MR) is 123 cm³/mol. The van der Waals surface area contributed by atoms with Crippen molar-refractivity contribution >= 4 is 38.2 Å². The maximum absolute atomic E-state index is 13.1. The van der Waals surface area contributed by atoms with Crippen LogP contribution in [-0.2, 0) is 4.57 Å². The Kier molecular flexibility index (Phi) is 6.35. The number of phosphoric ester groups is 1. The van der Waals surface area contributed by atoms with Crippen molar-refractivity contribution in [2.75, 3.05) is 13.6 Å². The molecule has 1 unspecified atom stereocenters. The van der Waals surface area contributed by atoms with E-state index in [1.165, 1.54) is 0 Å². The highest BCUT2D eigenvalue weighted by Gasteiger charge is 2.37. The molecule has 4 N–H and O–H groups in total. The van der Waals surface area contributed by atoms with Gasteiger partial charge in [0.25, 0.3) is 0 Å². The predicted octanol–water partition coefficient (Wildman–Crippen LogP) is 2.57. The zero-order valence-electron chi connectivity index (χ0n) is 17.4. The van der Waals surface area contributed by atoms with Crippen LogP contribution in [0.4, 0.5) is 0 Å². The third kappa shape index (κ3) is 4.55. The molecule has 1 aliphatic heterocycles. The van der Waals surface area contributed by atoms with Crippen molar-refractivity contribution in [3.63, 3.8) is 0 Å². The Morgan fingerprint density at radius 3 is 2.64 bits per heavy atom. The highest BCUT2D eigenvalue weighted by molar-refractivity contribution is 7.46. The molecule has 4 rings (SSSR count). The van der Waals surface area contributed by atoms with Gasteiger partial charge < -0.3 is 24.1 Å². The molecule has 0 spiro atoms. The van der Waals surface area contributed by atoms with Crippen LogP contribution in [-0.4, -0.2) is 58.4 Å². The minimum atomic E-state index is -5.08. The number of aromatic hydroxyl groups is 1. The summed E-state index contributed by atoms with van der Waals surface area (Å²) in [6.45, 7) is 0.485. The van der Waals surface area contributed by atoms with Crippen LogP contribution < -0.4 is 9.95 Å². The van der Waals surface area contributed by atoms with E-state index in [1.54, 1.807) is 36.2 Å². The van der Waals surface area contributed by atoms with Gasteiger partial charge in [-0.25, -0.2) is 4.57 Å². The van der Waals surface area contributed by atoms with Crippen LogP contribution in [0.1, 0.15) is 17.9 Å². The first-order valence-electron chi connectivity index (χ1n) is 9.95. The van der Waals surface area contributed by atoms with Gasteiger partial charge in [0.2, 0.25) is 0 Å². The van der Waals surface area contributed by atoms with Crippen LogP contribution in [0.15, 0.2) is 45.6 Å². The molecule has 3 aromatic rings. The van der Waals surface area contributed by atoms with E-state index >= 15 is 0 Å². The Morgan fingerprint density at radius 1 is 1.27 bits per heavy atom. The molecule has 9 nitrogen and oxygen atoms in total. The Morgan fingerprint density at radius 2 is 1.97 bits per heavy atom. The van der Waals surface area contributed by atoms with Gasteiger partial charge in [-0.1, -0.05) is 23.7 Å². The van der Waals surface area contributed by atoms with Crippen LogP contribution in [0.3, 0.4) is 0 Å². The molecule has 0 saturated carbocycles. The Hall–Kier alpha value is -2.33. The van der Waals surface area contributed by atoms with Crippen molar-refractivity contribution in [3.8, 4) is 22.8 Å². The van der Waals surface area contributed by atoms with Crippen LogP contribution in [0, 0.1) is 0 Å². The zero-order chi connectivity index (χ0) is 24.1. The highest BCUT2D eigenvalue weighted by Crippen LogP contribution is 2.47. The lowest BCUT2D eigenvalue weighted by Crippen LogP contribution is -2.50. The average Bonchev–Trinajstić information content (AvgIpc) is 2.72. The quantitative estimate of drug-likeness (QED) is 0.320. The first-order valence-corrected chi connectivity index (χ1v) is 11.9. The molecular formula is C21H20BClNO8P. The van der Waals surface area contributed by atoms with Crippen molar-refractivity contribution in [1.82, 2.24) is 4.90 Å². The molecule has 0 bridgehead atoms. The second-order valence-electron chi connectivity index (χ2n) is 7.91. The lowest BCUT2D eigenvalue weighted by atomic mass is 9.74. The summed E-state index contributed by atoms with van der Waals surface area (Å²) in [5, 5.41) is 21.7. The molecule has 172 valence electrons. The summed E-state index contributed by atoms with van der Waals surface area (Å²) < 4.78 is 22.2. The Bertz CT molecular complexity index is 1330. The van der Waals surface area contributed by atoms with Crippen molar-refractivity contribution in [2.24, 2.45) is 0 Å². The molecule has 12 heteroatoms. The molecule has 2 radical (unpaired) electrons. The number of likely N-dealkylation sites (tertiary alicyclic amines) is 1. The molecule has 1 aromatic heterocycles. The molecule has 33 heavy (non-hydrogen) atoms. The second kappa shape index (κ2) is 8.79. The van der Waals surface area contributed by atoms with Crippen LogP contribution in [0.25, 0.3) is 22.3 Å². The minimum absolute atomic E-state index is 0.0683. The lowest BCUT2D eigenvalue weighted by Gasteiger charge is -2.40. The number of halogens is 1. The first kappa shape index (κ1) is 23.8. The number of benzene rings is 2. The molecule has 2 heterocycles. The summed E-state index contributed by atoms with van der Waals surface area (Å²) >= 11 is 6.26. The average molecular weight is 492 g/mol. The van der Waals surface area contributed by atoms with Crippen molar-refractivity contribution in [2.45, 2.75) is 24.4 Å². The minimum Gasteiger partial charge on any atom is -0.507 e. The number of phosphoric acid groups is 1. The monoisotopic (exact) mass is 491 g/mol. The Balaban J connectivity index is 2.04. The zero-order valence-corrected chi connectivity index (χ0v) is 19.0. The van der Waals surface area contributed by atoms with Crippen LogP contribution >= 0.6 is 19.4 Å². The van der Waals surface area contributed by atoms with E-state index in [0.717, 1.165) is 12.1 Å². The number of hydrogen-bond donors (Lipinski definition) is 4. The summed E-state index contributed by atoms with van der Waals surface area (Å²) in [7, 11) is 2.75. The van der Waals surface area contributed by atoms with E-state index < -0.39 is 42.7 Å². The fourth-order valence-electron chi connectivity index (χ4n) is 4.14. The standard InChI is InChI=1S/C21H20BClNO8P/c1-24-7-6-11(19(27)21(24)22)17-13(25)9-16(32-33(28,29)30)18-14(26)8-15(31-20(17)18)10-4-2-3-5-12(10)23/h2-5,8-9,11,19,21,25,27H,6-7H2,1H3,(H2,28,29,30)/t11-,19+,21?/m1/s1. The van der Waals surface area contributed by atoms with E-state index in [-0.39, 0.29) is 22.3 Å². The van der Waals surface area contributed by atoms with Crippen molar-refractivity contribution < 1.29 is 33.5 Å². The molecule has 3 atom stereocenters. The van der Waals surface area contributed by atoms with Gasteiger partial charge >= 0.3 is 7.82 Å².